The van der Waals surface area contributed by atoms with E-state index in [1.807, 2.05) is 0 Å². The minimum Gasteiger partial charge on any atom is -0.478 e. The molecule has 0 bridgehead atoms. The van der Waals surface area contributed by atoms with Gasteiger partial charge in [-0.3, -0.25) is 5.10 Å². The fraction of sp³-hybridized carbons (Fsp3) is 0.222. The number of aryl methyl sites for hydroxylation is 2. The summed E-state index contributed by atoms with van der Waals surface area (Å²) in [5.74, 6) is -0.954. The van der Waals surface area contributed by atoms with Crippen LogP contribution in [0.15, 0.2) is 6.07 Å². The van der Waals surface area contributed by atoms with E-state index >= 15 is 0 Å². The van der Waals surface area contributed by atoms with Crippen LogP contribution < -0.4 is 0 Å². The Morgan fingerprint density at radius 1 is 1.50 bits per heavy atom. The molecule has 72 valence electrons. The molecule has 0 atom stereocenters. The number of carbonyl (C=O) groups is 1. The van der Waals surface area contributed by atoms with Crippen LogP contribution in [0.4, 0.5) is 0 Å². The van der Waals surface area contributed by atoms with Crippen molar-refractivity contribution in [3.05, 3.63) is 23.0 Å². The third-order valence-corrected chi connectivity index (χ3v) is 2.07. The molecule has 2 N–H and O–H groups in total. The van der Waals surface area contributed by atoms with E-state index in [0.717, 1.165) is 0 Å². The molecule has 0 amide bonds. The van der Waals surface area contributed by atoms with Gasteiger partial charge in [0, 0.05) is 5.69 Å². The zero-order valence-electron chi connectivity index (χ0n) is 7.83. The number of pyridine rings is 1. The molecule has 0 aliphatic rings. The van der Waals surface area contributed by atoms with Crippen molar-refractivity contribution in [2.45, 2.75) is 13.8 Å². The van der Waals surface area contributed by atoms with E-state index in [2.05, 4.69) is 15.2 Å². The number of hydrogen-bond acceptors (Lipinski definition) is 3. The quantitative estimate of drug-likeness (QED) is 0.711. The molecule has 2 rings (SSSR count). The average molecular weight is 191 g/mol. The van der Waals surface area contributed by atoms with Gasteiger partial charge in [-0.05, 0) is 19.9 Å². The molecule has 0 aliphatic carbocycles. The van der Waals surface area contributed by atoms with Crippen molar-refractivity contribution in [2.75, 3.05) is 0 Å². The highest BCUT2D eigenvalue weighted by Crippen LogP contribution is 2.19. The second-order valence-corrected chi connectivity index (χ2v) is 3.15. The molecule has 2 aromatic heterocycles. The Kier molecular flexibility index (Phi) is 1.73. The zero-order chi connectivity index (χ0) is 10.3. The molecule has 0 aromatic carbocycles. The van der Waals surface area contributed by atoms with Crippen LogP contribution >= 0.6 is 0 Å². The first kappa shape index (κ1) is 8.68. The minimum atomic E-state index is -0.954. The highest BCUT2D eigenvalue weighted by molar-refractivity contribution is 6.02. The highest BCUT2D eigenvalue weighted by Gasteiger charge is 2.14. The smallest absolute Gasteiger partial charge is 0.336 e. The van der Waals surface area contributed by atoms with Crippen LogP contribution in [0.1, 0.15) is 21.7 Å². The third-order valence-electron chi connectivity index (χ3n) is 2.07. The fourth-order valence-corrected chi connectivity index (χ4v) is 1.48. The van der Waals surface area contributed by atoms with Crippen LogP contribution in [-0.2, 0) is 0 Å². The Morgan fingerprint density at radius 3 is 2.86 bits per heavy atom. The summed E-state index contributed by atoms with van der Waals surface area (Å²) in [4.78, 5) is 15.1. The molecule has 0 fully saturated rings. The Hall–Kier alpha value is -1.91. The predicted octanol–water partition coefficient (Wildman–Crippen LogP) is 1.27. The molecule has 14 heavy (non-hydrogen) atoms. The first-order chi connectivity index (χ1) is 6.59. The molecule has 5 heteroatoms. The number of aromatic carboxylic acids is 1. The number of carboxylic acids is 1. The Balaban J connectivity index is 2.90. The van der Waals surface area contributed by atoms with Gasteiger partial charge in [-0.2, -0.15) is 5.10 Å². The van der Waals surface area contributed by atoms with Crippen LogP contribution in [0, 0.1) is 13.8 Å². The standard InChI is InChI=1S/C9H9N3O2/c1-4-3-6(9(13)14)7-5(2)11-12-8(7)10-4/h3H,1-2H3,(H,13,14)(H,10,11,12). The van der Waals surface area contributed by atoms with Gasteiger partial charge in [-0.1, -0.05) is 0 Å². The SMILES string of the molecule is Cc1cc(C(=O)O)c2c(C)n[nH]c2n1. The van der Waals surface area contributed by atoms with Gasteiger partial charge < -0.3 is 5.11 Å². The number of nitrogens with one attached hydrogen (secondary N) is 1. The second kappa shape index (κ2) is 2.80. The van der Waals surface area contributed by atoms with Crippen molar-refractivity contribution >= 4 is 17.0 Å². The summed E-state index contributed by atoms with van der Waals surface area (Å²) in [5.41, 5.74) is 2.10. The van der Waals surface area contributed by atoms with Crippen LogP contribution in [0.3, 0.4) is 0 Å². The predicted molar refractivity (Wildman–Crippen MR) is 50.3 cm³/mol. The molecule has 0 aliphatic heterocycles. The Morgan fingerprint density at radius 2 is 2.21 bits per heavy atom. The lowest BCUT2D eigenvalue weighted by Crippen LogP contribution is -1.99. The molecular formula is C9H9N3O2. The van der Waals surface area contributed by atoms with Crippen molar-refractivity contribution in [3.63, 3.8) is 0 Å². The maximum absolute atomic E-state index is 10.9. The number of aromatic nitrogens is 3. The van der Waals surface area contributed by atoms with Crippen molar-refractivity contribution in [3.8, 4) is 0 Å². The van der Waals surface area contributed by atoms with Crippen molar-refractivity contribution < 1.29 is 9.90 Å². The second-order valence-electron chi connectivity index (χ2n) is 3.15. The van der Waals surface area contributed by atoms with Gasteiger partial charge in [-0.25, -0.2) is 9.78 Å². The van der Waals surface area contributed by atoms with E-state index in [-0.39, 0.29) is 5.56 Å². The van der Waals surface area contributed by atoms with Crippen LogP contribution in [0.25, 0.3) is 11.0 Å². The number of nitrogens with zero attached hydrogens (tertiary/aromatic N) is 2. The summed E-state index contributed by atoms with van der Waals surface area (Å²) >= 11 is 0. The van der Waals surface area contributed by atoms with E-state index in [0.29, 0.717) is 22.4 Å². The van der Waals surface area contributed by atoms with Gasteiger partial charge in [-0.15, -0.1) is 0 Å². The van der Waals surface area contributed by atoms with E-state index in [9.17, 15) is 4.79 Å². The van der Waals surface area contributed by atoms with Gasteiger partial charge in [0.2, 0.25) is 0 Å². The topological polar surface area (TPSA) is 78.9 Å². The number of fused-ring (bicyclic) bond motifs is 1. The van der Waals surface area contributed by atoms with E-state index < -0.39 is 5.97 Å². The van der Waals surface area contributed by atoms with Crippen molar-refractivity contribution in [2.24, 2.45) is 0 Å². The fourth-order valence-electron chi connectivity index (χ4n) is 1.48. The Bertz CT molecular complexity index is 516. The summed E-state index contributed by atoms with van der Waals surface area (Å²) in [7, 11) is 0. The highest BCUT2D eigenvalue weighted by atomic mass is 16.4. The number of H-pyrrole nitrogens is 1. The normalized spacial score (nSPS) is 10.7. The lowest BCUT2D eigenvalue weighted by Gasteiger charge is -1.99. The van der Waals surface area contributed by atoms with Gasteiger partial charge in [0.05, 0.1) is 16.6 Å². The molecule has 2 heterocycles. The molecule has 0 saturated heterocycles. The third kappa shape index (κ3) is 1.14. The molecule has 5 nitrogen and oxygen atoms in total. The van der Waals surface area contributed by atoms with Crippen LogP contribution in [-0.4, -0.2) is 26.3 Å². The van der Waals surface area contributed by atoms with Crippen LogP contribution in [0.5, 0.6) is 0 Å². The summed E-state index contributed by atoms with van der Waals surface area (Å²) < 4.78 is 0. The van der Waals surface area contributed by atoms with Crippen molar-refractivity contribution in [1.82, 2.24) is 15.2 Å². The van der Waals surface area contributed by atoms with Crippen LogP contribution in [0.2, 0.25) is 0 Å². The molecule has 0 saturated carbocycles. The number of carboxylic acid groups (broad SMARTS) is 1. The van der Waals surface area contributed by atoms with Crippen molar-refractivity contribution in [1.29, 1.82) is 0 Å². The van der Waals surface area contributed by atoms with Gasteiger partial charge in [0.1, 0.15) is 0 Å². The maximum Gasteiger partial charge on any atom is 0.336 e. The summed E-state index contributed by atoms with van der Waals surface area (Å²) in [5, 5.41) is 16.2. The monoisotopic (exact) mass is 191 g/mol. The summed E-state index contributed by atoms with van der Waals surface area (Å²) in [6.07, 6.45) is 0. The summed E-state index contributed by atoms with van der Waals surface area (Å²) in [6, 6.07) is 1.55. The largest absolute Gasteiger partial charge is 0.478 e. The van der Waals surface area contributed by atoms with E-state index in [1.165, 1.54) is 0 Å². The molecule has 2 aromatic rings. The molecular weight excluding hydrogens is 182 g/mol. The first-order valence-corrected chi connectivity index (χ1v) is 4.15. The van der Waals surface area contributed by atoms with Gasteiger partial charge in [0.15, 0.2) is 5.65 Å². The van der Waals surface area contributed by atoms with E-state index in [1.54, 1.807) is 19.9 Å². The number of rotatable bonds is 1. The average Bonchev–Trinajstić information content (AvgIpc) is 2.46. The Labute approximate surface area is 79.8 Å². The molecule has 0 unspecified atom stereocenters. The maximum atomic E-state index is 10.9. The number of aromatic amines is 1. The van der Waals surface area contributed by atoms with Gasteiger partial charge >= 0.3 is 5.97 Å². The minimum absolute atomic E-state index is 0.249. The summed E-state index contributed by atoms with van der Waals surface area (Å²) in [6.45, 7) is 3.50. The lowest BCUT2D eigenvalue weighted by atomic mass is 10.1. The molecule has 0 radical (unpaired) electrons. The van der Waals surface area contributed by atoms with E-state index in [4.69, 9.17) is 5.11 Å². The first-order valence-electron chi connectivity index (χ1n) is 4.15. The zero-order valence-corrected chi connectivity index (χ0v) is 7.83. The number of hydrogen-bond donors (Lipinski definition) is 2. The van der Waals surface area contributed by atoms with Gasteiger partial charge in [0.25, 0.3) is 0 Å². The lowest BCUT2D eigenvalue weighted by molar-refractivity contribution is 0.0699. The molecule has 0 spiro atoms.